The van der Waals surface area contributed by atoms with Gasteiger partial charge < -0.3 is 10.6 Å². The molecule has 3 aromatic rings. The van der Waals surface area contributed by atoms with Gasteiger partial charge in [-0.1, -0.05) is 47.5 Å². The van der Waals surface area contributed by atoms with Crippen LogP contribution in [0, 0.1) is 6.92 Å². The number of benzene rings is 3. The number of nitrogens with zero attached hydrogens (tertiary/aromatic N) is 1. The molecule has 3 rings (SSSR count). The van der Waals surface area contributed by atoms with E-state index in [2.05, 4.69) is 10.6 Å². The summed E-state index contributed by atoms with van der Waals surface area (Å²) in [6.07, 6.45) is 0. The number of carbonyl (C=O) groups excluding carboxylic acids is 2. The van der Waals surface area contributed by atoms with Crippen molar-refractivity contribution in [2.45, 2.75) is 31.7 Å². The second-order valence-electron chi connectivity index (χ2n) is 8.03. The Balaban J connectivity index is 1.93. The van der Waals surface area contributed by atoms with Crippen LogP contribution in [-0.2, 0) is 14.8 Å². The van der Waals surface area contributed by atoms with Crippen LogP contribution in [0.2, 0.25) is 5.02 Å². The molecular weight excluding hydrogens is 474 g/mol. The molecule has 3 aromatic carbocycles. The van der Waals surface area contributed by atoms with Crippen LogP contribution in [0.4, 0.5) is 11.4 Å². The molecule has 0 saturated carbocycles. The SMILES string of the molecule is Cc1ccc(S(=O)(=O)N(CC(=O)Nc2ccccc2C(=O)NC(C)C)c2cccc(Cl)c2)cc1. The quantitative estimate of drug-likeness (QED) is 0.472. The molecule has 0 aliphatic rings. The zero-order valence-electron chi connectivity index (χ0n) is 19.1. The van der Waals surface area contributed by atoms with Gasteiger partial charge in [0.25, 0.3) is 15.9 Å². The van der Waals surface area contributed by atoms with E-state index >= 15 is 0 Å². The molecule has 0 unspecified atom stereocenters. The number of para-hydroxylation sites is 1. The van der Waals surface area contributed by atoms with Gasteiger partial charge in [0, 0.05) is 11.1 Å². The van der Waals surface area contributed by atoms with Gasteiger partial charge in [-0.25, -0.2) is 8.42 Å². The summed E-state index contributed by atoms with van der Waals surface area (Å²) in [6, 6.07) is 19.1. The average Bonchev–Trinajstić information content (AvgIpc) is 2.77. The maximum absolute atomic E-state index is 13.5. The summed E-state index contributed by atoms with van der Waals surface area (Å²) in [5.41, 5.74) is 1.71. The van der Waals surface area contributed by atoms with Gasteiger partial charge in [0.2, 0.25) is 5.91 Å². The Morgan fingerprint density at radius 3 is 2.29 bits per heavy atom. The molecule has 0 heterocycles. The Bertz CT molecular complexity index is 1290. The number of amides is 2. The standard InChI is InChI=1S/C25H26ClN3O4S/c1-17(2)27-25(31)22-9-4-5-10-23(22)28-24(30)16-29(20-8-6-7-19(26)15-20)34(32,33)21-13-11-18(3)12-14-21/h4-15,17H,16H2,1-3H3,(H,27,31)(H,28,30). The lowest BCUT2D eigenvalue weighted by Crippen LogP contribution is -2.38. The number of hydrogen-bond acceptors (Lipinski definition) is 4. The minimum Gasteiger partial charge on any atom is -0.350 e. The molecule has 7 nitrogen and oxygen atoms in total. The fraction of sp³-hybridized carbons (Fsp3) is 0.200. The zero-order valence-corrected chi connectivity index (χ0v) is 20.7. The Morgan fingerprint density at radius 1 is 0.971 bits per heavy atom. The summed E-state index contributed by atoms with van der Waals surface area (Å²) in [4.78, 5) is 25.6. The fourth-order valence-corrected chi connectivity index (χ4v) is 4.83. The van der Waals surface area contributed by atoms with Crippen molar-refractivity contribution in [3.8, 4) is 0 Å². The number of rotatable bonds is 8. The minimum absolute atomic E-state index is 0.0441. The van der Waals surface area contributed by atoms with E-state index in [1.807, 2.05) is 20.8 Å². The summed E-state index contributed by atoms with van der Waals surface area (Å²) in [7, 11) is -4.08. The smallest absolute Gasteiger partial charge is 0.264 e. The molecule has 9 heteroatoms. The van der Waals surface area contributed by atoms with Crippen molar-refractivity contribution in [3.05, 3.63) is 88.9 Å². The molecule has 0 saturated heterocycles. The third kappa shape index (κ3) is 6.15. The van der Waals surface area contributed by atoms with E-state index in [4.69, 9.17) is 11.6 Å². The summed E-state index contributed by atoms with van der Waals surface area (Å²) in [5, 5.41) is 5.79. The van der Waals surface area contributed by atoms with E-state index in [0.29, 0.717) is 5.02 Å². The van der Waals surface area contributed by atoms with Crippen molar-refractivity contribution in [1.82, 2.24) is 5.32 Å². The first-order chi connectivity index (χ1) is 16.1. The lowest BCUT2D eigenvalue weighted by atomic mass is 10.1. The van der Waals surface area contributed by atoms with Crippen LogP contribution in [-0.4, -0.2) is 32.8 Å². The molecule has 2 N–H and O–H groups in total. The van der Waals surface area contributed by atoms with E-state index < -0.39 is 22.5 Å². The van der Waals surface area contributed by atoms with Crippen LogP contribution < -0.4 is 14.9 Å². The van der Waals surface area contributed by atoms with Crippen molar-refractivity contribution in [2.75, 3.05) is 16.2 Å². The van der Waals surface area contributed by atoms with Gasteiger partial charge in [0.15, 0.2) is 0 Å². The Kier molecular flexibility index (Phi) is 7.96. The first-order valence-corrected chi connectivity index (χ1v) is 12.4. The molecule has 0 aromatic heterocycles. The summed E-state index contributed by atoms with van der Waals surface area (Å²) in [6.45, 7) is 5.00. The zero-order chi connectivity index (χ0) is 24.9. The molecule has 34 heavy (non-hydrogen) atoms. The Labute approximate surface area is 204 Å². The predicted octanol–water partition coefficient (Wildman–Crippen LogP) is 4.62. The Hall–Kier alpha value is -3.36. The van der Waals surface area contributed by atoms with Crippen LogP contribution >= 0.6 is 11.6 Å². The minimum atomic E-state index is -4.08. The Morgan fingerprint density at radius 2 is 1.65 bits per heavy atom. The highest BCUT2D eigenvalue weighted by Gasteiger charge is 2.28. The third-order valence-corrected chi connectivity index (χ3v) is 6.88. The molecule has 0 fully saturated rings. The largest absolute Gasteiger partial charge is 0.350 e. The molecule has 0 bridgehead atoms. The molecule has 0 atom stereocenters. The molecule has 0 aliphatic carbocycles. The van der Waals surface area contributed by atoms with Gasteiger partial charge in [-0.2, -0.15) is 0 Å². The number of anilines is 2. The van der Waals surface area contributed by atoms with E-state index in [0.717, 1.165) is 9.87 Å². The predicted molar refractivity (Wildman–Crippen MR) is 135 cm³/mol. The normalized spacial score (nSPS) is 11.2. The highest BCUT2D eigenvalue weighted by atomic mass is 35.5. The first-order valence-electron chi connectivity index (χ1n) is 10.6. The average molecular weight is 500 g/mol. The van der Waals surface area contributed by atoms with Gasteiger partial charge in [0.05, 0.1) is 21.8 Å². The number of sulfonamides is 1. The number of hydrogen-bond donors (Lipinski definition) is 2. The molecule has 0 aliphatic heterocycles. The van der Waals surface area contributed by atoms with Crippen molar-refractivity contribution >= 4 is 44.8 Å². The summed E-state index contributed by atoms with van der Waals surface area (Å²) >= 11 is 6.10. The van der Waals surface area contributed by atoms with E-state index in [1.54, 1.807) is 54.6 Å². The van der Waals surface area contributed by atoms with E-state index in [1.165, 1.54) is 18.2 Å². The van der Waals surface area contributed by atoms with Crippen LogP contribution in [0.3, 0.4) is 0 Å². The van der Waals surface area contributed by atoms with Gasteiger partial charge >= 0.3 is 0 Å². The molecule has 0 spiro atoms. The number of aryl methyl sites for hydroxylation is 1. The highest BCUT2D eigenvalue weighted by Crippen LogP contribution is 2.26. The monoisotopic (exact) mass is 499 g/mol. The topological polar surface area (TPSA) is 95.6 Å². The van der Waals surface area contributed by atoms with E-state index in [-0.39, 0.29) is 33.8 Å². The second-order valence-corrected chi connectivity index (χ2v) is 10.3. The highest BCUT2D eigenvalue weighted by molar-refractivity contribution is 7.92. The summed E-state index contributed by atoms with van der Waals surface area (Å²) < 4.78 is 28.0. The van der Waals surface area contributed by atoms with Gasteiger partial charge in [-0.3, -0.25) is 13.9 Å². The van der Waals surface area contributed by atoms with Crippen molar-refractivity contribution in [1.29, 1.82) is 0 Å². The number of carbonyl (C=O) groups is 2. The summed E-state index contributed by atoms with van der Waals surface area (Å²) in [5.74, 6) is -0.953. The number of halogens is 1. The maximum Gasteiger partial charge on any atom is 0.264 e. The third-order valence-electron chi connectivity index (χ3n) is 4.86. The molecular formula is C25H26ClN3O4S. The molecule has 0 radical (unpaired) electrons. The van der Waals surface area contributed by atoms with Gasteiger partial charge in [0.1, 0.15) is 6.54 Å². The molecule has 2 amide bonds. The number of nitrogens with one attached hydrogen (secondary N) is 2. The van der Waals surface area contributed by atoms with Gasteiger partial charge in [-0.05, 0) is 63.2 Å². The second kappa shape index (κ2) is 10.7. The lowest BCUT2D eigenvalue weighted by molar-refractivity contribution is -0.114. The molecule has 178 valence electrons. The lowest BCUT2D eigenvalue weighted by Gasteiger charge is -2.24. The fourth-order valence-electron chi connectivity index (χ4n) is 3.23. The van der Waals surface area contributed by atoms with Gasteiger partial charge in [-0.15, -0.1) is 0 Å². The van der Waals surface area contributed by atoms with Crippen LogP contribution in [0.5, 0.6) is 0 Å². The van der Waals surface area contributed by atoms with Crippen molar-refractivity contribution in [2.24, 2.45) is 0 Å². The van der Waals surface area contributed by atoms with Crippen LogP contribution in [0.1, 0.15) is 29.8 Å². The maximum atomic E-state index is 13.5. The van der Waals surface area contributed by atoms with Crippen molar-refractivity contribution in [3.63, 3.8) is 0 Å². The van der Waals surface area contributed by atoms with Crippen molar-refractivity contribution < 1.29 is 18.0 Å². The van der Waals surface area contributed by atoms with E-state index in [9.17, 15) is 18.0 Å². The van der Waals surface area contributed by atoms with Crippen LogP contribution in [0.25, 0.3) is 0 Å². The van der Waals surface area contributed by atoms with Crippen LogP contribution in [0.15, 0.2) is 77.7 Å². The first kappa shape index (κ1) is 25.3.